The lowest BCUT2D eigenvalue weighted by Gasteiger charge is -2.08. The number of ketones is 1. The van der Waals surface area contributed by atoms with Crippen LogP contribution in [0, 0.1) is 0 Å². The number of aliphatic hydroxyl groups is 1. The Morgan fingerprint density at radius 1 is 1.19 bits per heavy atom. The van der Waals surface area contributed by atoms with Crippen molar-refractivity contribution in [2.75, 3.05) is 7.11 Å². The Morgan fingerprint density at radius 2 is 1.95 bits per heavy atom. The smallest absolute Gasteiger partial charge is 0.158 e. The van der Waals surface area contributed by atoms with Crippen LogP contribution >= 0.6 is 0 Å². The fraction of sp³-hybridized carbons (Fsp3) is 0.167. The lowest BCUT2D eigenvalue weighted by Crippen LogP contribution is -2.04. The molecule has 0 heterocycles. The Hall–Kier alpha value is -2.39. The van der Waals surface area contributed by atoms with Gasteiger partial charge in [-0.2, -0.15) is 0 Å². The number of allylic oxidation sites excluding steroid dienone is 1. The highest BCUT2D eigenvalue weighted by Crippen LogP contribution is 2.17. The first-order valence-electron chi connectivity index (χ1n) is 6.77. The highest BCUT2D eigenvalue weighted by Gasteiger charge is 2.10. The van der Waals surface area contributed by atoms with Crippen molar-refractivity contribution in [1.29, 1.82) is 0 Å². The largest absolute Gasteiger partial charge is 0.497 e. The molecule has 2 rings (SSSR count). The molecule has 0 aromatic heterocycles. The second kappa shape index (κ2) is 7.41. The molecular weight excluding hydrogens is 264 g/mol. The number of carbonyl (C=O) groups is 1. The van der Waals surface area contributed by atoms with Gasteiger partial charge in [-0.1, -0.05) is 48.5 Å². The van der Waals surface area contributed by atoms with Crippen molar-refractivity contribution in [3.05, 3.63) is 71.8 Å². The van der Waals surface area contributed by atoms with E-state index in [2.05, 4.69) is 0 Å². The van der Waals surface area contributed by atoms with E-state index in [4.69, 9.17) is 4.74 Å². The van der Waals surface area contributed by atoms with E-state index in [1.54, 1.807) is 13.2 Å². The van der Waals surface area contributed by atoms with Crippen LogP contribution in [0.3, 0.4) is 0 Å². The Kier molecular flexibility index (Phi) is 5.29. The molecule has 3 nitrogen and oxygen atoms in total. The van der Waals surface area contributed by atoms with Crippen molar-refractivity contribution in [3.63, 3.8) is 0 Å². The van der Waals surface area contributed by atoms with Crippen molar-refractivity contribution in [2.24, 2.45) is 0 Å². The Morgan fingerprint density at radius 3 is 2.67 bits per heavy atom. The summed E-state index contributed by atoms with van der Waals surface area (Å²) in [7, 11) is 1.60. The molecule has 2 aromatic carbocycles. The summed E-state index contributed by atoms with van der Waals surface area (Å²) >= 11 is 0. The van der Waals surface area contributed by atoms with E-state index >= 15 is 0 Å². The highest BCUT2D eigenvalue weighted by atomic mass is 16.5. The van der Waals surface area contributed by atoms with Gasteiger partial charge in [0.15, 0.2) is 5.78 Å². The summed E-state index contributed by atoms with van der Waals surface area (Å²) in [5.74, 6) is 0.628. The maximum absolute atomic E-state index is 11.9. The third-order valence-electron chi connectivity index (χ3n) is 3.13. The molecule has 1 N–H and O–H groups in total. The van der Waals surface area contributed by atoms with Gasteiger partial charge >= 0.3 is 0 Å². The molecule has 1 unspecified atom stereocenters. The highest BCUT2D eigenvalue weighted by molar-refractivity contribution is 5.93. The molecule has 2 aromatic rings. The fourth-order valence-electron chi connectivity index (χ4n) is 1.99. The number of carbonyl (C=O) groups excluding carboxylic acids is 1. The Bertz CT molecular complexity index is 617. The first kappa shape index (κ1) is 15.0. The first-order chi connectivity index (χ1) is 10.2. The van der Waals surface area contributed by atoms with Crippen LogP contribution in [-0.2, 0) is 4.79 Å². The number of aliphatic hydroxyl groups excluding tert-OH is 1. The molecule has 0 aliphatic rings. The maximum atomic E-state index is 11.9. The van der Waals surface area contributed by atoms with Crippen molar-refractivity contribution < 1.29 is 14.6 Å². The molecule has 0 aliphatic heterocycles. The number of hydrogen-bond acceptors (Lipinski definition) is 3. The number of benzene rings is 2. The molecule has 0 saturated heterocycles. The normalized spacial score (nSPS) is 12.3. The number of ether oxygens (including phenoxy) is 1. The molecule has 21 heavy (non-hydrogen) atoms. The van der Waals surface area contributed by atoms with E-state index in [-0.39, 0.29) is 12.2 Å². The molecule has 0 bridgehead atoms. The lowest BCUT2D eigenvalue weighted by molar-refractivity contribution is -0.116. The average molecular weight is 282 g/mol. The quantitative estimate of drug-likeness (QED) is 0.826. The van der Waals surface area contributed by atoms with Gasteiger partial charge in [0.2, 0.25) is 0 Å². The van der Waals surface area contributed by atoms with Crippen LogP contribution in [0.4, 0.5) is 0 Å². The molecule has 0 saturated carbocycles. The van der Waals surface area contributed by atoms with Crippen LogP contribution in [0.15, 0.2) is 60.7 Å². The average Bonchev–Trinajstić information content (AvgIpc) is 2.54. The monoisotopic (exact) mass is 282 g/mol. The molecule has 3 heteroatoms. The molecule has 0 aliphatic carbocycles. The molecule has 0 spiro atoms. The number of hydrogen-bond donors (Lipinski definition) is 1. The lowest BCUT2D eigenvalue weighted by atomic mass is 10.0. The summed E-state index contributed by atoms with van der Waals surface area (Å²) in [5.41, 5.74) is 1.64. The summed E-state index contributed by atoms with van der Waals surface area (Å²) < 4.78 is 5.13. The van der Waals surface area contributed by atoms with Crippen molar-refractivity contribution >= 4 is 11.9 Å². The van der Waals surface area contributed by atoms with Gasteiger partial charge in [0, 0.05) is 6.42 Å². The molecule has 1 atom stereocenters. The fourth-order valence-corrected chi connectivity index (χ4v) is 1.99. The van der Waals surface area contributed by atoms with Crippen LogP contribution in [0.2, 0.25) is 0 Å². The standard InChI is InChI=1S/C18H18O3/c1-21-17-9-5-6-14(12-17)10-11-16(19)13-18(20)15-7-3-2-4-8-15/h2-12,18,20H,13H2,1H3/b11-10+. The first-order valence-corrected chi connectivity index (χ1v) is 6.77. The van der Waals surface area contributed by atoms with Crippen LogP contribution in [0.5, 0.6) is 5.75 Å². The second-order valence-electron chi connectivity index (χ2n) is 4.71. The molecule has 0 radical (unpaired) electrons. The van der Waals surface area contributed by atoms with Gasteiger partial charge in [-0.25, -0.2) is 0 Å². The van der Waals surface area contributed by atoms with Crippen LogP contribution in [0.1, 0.15) is 23.7 Å². The van der Waals surface area contributed by atoms with E-state index in [1.165, 1.54) is 6.08 Å². The minimum absolute atomic E-state index is 0.0739. The zero-order chi connectivity index (χ0) is 15.1. The van der Waals surface area contributed by atoms with Gasteiger partial charge in [0.05, 0.1) is 13.2 Å². The molecule has 0 fully saturated rings. The summed E-state index contributed by atoms with van der Waals surface area (Å²) in [6, 6.07) is 16.6. The predicted octanol–water partition coefficient (Wildman–Crippen LogP) is 3.40. The summed E-state index contributed by atoms with van der Waals surface area (Å²) in [5, 5.41) is 10.00. The van der Waals surface area contributed by atoms with Gasteiger partial charge in [0.1, 0.15) is 5.75 Å². The van der Waals surface area contributed by atoms with E-state index in [9.17, 15) is 9.90 Å². The Labute approximate surface area is 124 Å². The maximum Gasteiger partial charge on any atom is 0.158 e. The molecule has 108 valence electrons. The number of rotatable bonds is 6. The van der Waals surface area contributed by atoms with Crippen LogP contribution in [-0.4, -0.2) is 18.0 Å². The van der Waals surface area contributed by atoms with Crippen LogP contribution in [0.25, 0.3) is 6.08 Å². The summed E-state index contributed by atoms with van der Waals surface area (Å²) in [6.07, 6.45) is 2.52. The van der Waals surface area contributed by atoms with Gasteiger partial charge in [-0.3, -0.25) is 4.79 Å². The van der Waals surface area contributed by atoms with Crippen molar-refractivity contribution in [2.45, 2.75) is 12.5 Å². The second-order valence-corrected chi connectivity index (χ2v) is 4.71. The Balaban J connectivity index is 1.96. The topological polar surface area (TPSA) is 46.5 Å². The third kappa shape index (κ3) is 4.58. The minimum atomic E-state index is -0.770. The third-order valence-corrected chi connectivity index (χ3v) is 3.13. The zero-order valence-electron chi connectivity index (χ0n) is 11.9. The number of methoxy groups -OCH3 is 1. The van der Waals surface area contributed by atoms with Gasteiger partial charge in [-0.05, 0) is 29.3 Å². The summed E-state index contributed by atoms with van der Waals surface area (Å²) in [6.45, 7) is 0. The van der Waals surface area contributed by atoms with Gasteiger partial charge in [0.25, 0.3) is 0 Å². The van der Waals surface area contributed by atoms with E-state index in [0.29, 0.717) is 0 Å². The van der Waals surface area contributed by atoms with E-state index in [1.807, 2.05) is 54.6 Å². The minimum Gasteiger partial charge on any atom is -0.497 e. The van der Waals surface area contributed by atoms with E-state index < -0.39 is 6.10 Å². The predicted molar refractivity (Wildman–Crippen MR) is 83.1 cm³/mol. The SMILES string of the molecule is COc1cccc(/C=C/C(=O)CC(O)c2ccccc2)c1. The molecule has 0 amide bonds. The van der Waals surface area contributed by atoms with Gasteiger partial charge in [-0.15, -0.1) is 0 Å². The van der Waals surface area contributed by atoms with Crippen LogP contribution < -0.4 is 4.74 Å². The van der Waals surface area contributed by atoms with Gasteiger partial charge < -0.3 is 9.84 Å². The van der Waals surface area contributed by atoms with Crippen molar-refractivity contribution in [1.82, 2.24) is 0 Å². The van der Waals surface area contributed by atoms with E-state index in [0.717, 1.165) is 16.9 Å². The molecular formula is C18H18O3. The summed E-state index contributed by atoms with van der Waals surface area (Å²) in [4.78, 5) is 11.9. The zero-order valence-corrected chi connectivity index (χ0v) is 11.9. The van der Waals surface area contributed by atoms with Crippen molar-refractivity contribution in [3.8, 4) is 5.75 Å².